The molecule has 140 valence electrons. The lowest BCUT2D eigenvalue weighted by molar-refractivity contribution is -0.384. The van der Waals surface area contributed by atoms with Crippen molar-refractivity contribution in [1.82, 2.24) is 15.0 Å². The second kappa shape index (κ2) is 7.58. The van der Waals surface area contributed by atoms with Crippen molar-refractivity contribution in [2.24, 2.45) is 0 Å². The van der Waals surface area contributed by atoms with Crippen molar-refractivity contribution in [2.45, 2.75) is 19.5 Å². The molecule has 0 spiro atoms. The number of nitro groups is 1. The molecule has 27 heavy (non-hydrogen) atoms. The van der Waals surface area contributed by atoms with Gasteiger partial charge in [0.2, 0.25) is 11.7 Å². The zero-order chi connectivity index (χ0) is 19.6. The van der Waals surface area contributed by atoms with E-state index in [9.17, 15) is 18.9 Å². The van der Waals surface area contributed by atoms with Gasteiger partial charge in [-0.3, -0.25) is 15.0 Å². The molecule has 1 atom stereocenters. The molecule has 9 heteroatoms. The van der Waals surface area contributed by atoms with Crippen LogP contribution in [0.3, 0.4) is 0 Å². The van der Waals surface area contributed by atoms with Crippen LogP contribution < -0.4 is 0 Å². The molecule has 7 nitrogen and oxygen atoms in total. The van der Waals surface area contributed by atoms with E-state index in [1.54, 1.807) is 18.9 Å². The number of rotatable bonds is 6. The van der Waals surface area contributed by atoms with E-state index < -0.39 is 22.6 Å². The van der Waals surface area contributed by atoms with Crippen LogP contribution >= 0.6 is 0 Å². The Kier molecular flexibility index (Phi) is 5.22. The molecule has 0 aliphatic heterocycles. The number of aromatic nitrogens is 2. The summed E-state index contributed by atoms with van der Waals surface area (Å²) in [5.74, 6) is -0.426. The van der Waals surface area contributed by atoms with E-state index in [1.165, 1.54) is 24.3 Å². The molecule has 0 aliphatic rings. The summed E-state index contributed by atoms with van der Waals surface area (Å²) in [6, 6.07) is 8.66. The fourth-order valence-electron chi connectivity index (χ4n) is 2.59. The van der Waals surface area contributed by atoms with Gasteiger partial charge in [0, 0.05) is 29.3 Å². The number of hydrogen-bond donors (Lipinski definition) is 0. The minimum atomic E-state index is -0.509. The highest BCUT2D eigenvalue weighted by molar-refractivity contribution is 5.56. The van der Waals surface area contributed by atoms with Crippen LogP contribution in [-0.4, -0.2) is 27.0 Å². The lowest BCUT2D eigenvalue weighted by Crippen LogP contribution is -2.23. The number of benzene rings is 2. The first-order valence-corrected chi connectivity index (χ1v) is 8.07. The third kappa shape index (κ3) is 4.14. The molecular weight excluding hydrogens is 358 g/mol. The summed E-state index contributed by atoms with van der Waals surface area (Å²) in [5, 5.41) is 14.6. The molecule has 1 heterocycles. The zero-order valence-electron chi connectivity index (χ0n) is 14.6. The molecule has 2 aromatic carbocycles. The van der Waals surface area contributed by atoms with E-state index in [-0.39, 0.29) is 29.5 Å². The Balaban J connectivity index is 1.73. The molecule has 3 rings (SSSR count). The van der Waals surface area contributed by atoms with E-state index >= 15 is 0 Å². The van der Waals surface area contributed by atoms with E-state index in [2.05, 4.69) is 10.1 Å². The molecular formula is C18H16F2N4O3. The standard InChI is InChI=1S/C18H16F2N4O3/c1-11(15-9-13(19)5-8-16(15)20)23(2)10-17-21-18(22-27-17)12-3-6-14(7-4-12)24(25)26/h3-9,11H,10H2,1-2H3. The Morgan fingerprint density at radius 3 is 2.59 bits per heavy atom. The minimum Gasteiger partial charge on any atom is -0.338 e. The monoisotopic (exact) mass is 374 g/mol. The van der Waals surface area contributed by atoms with Crippen molar-refractivity contribution in [3.8, 4) is 11.4 Å². The molecule has 0 aliphatic carbocycles. The lowest BCUT2D eigenvalue weighted by Gasteiger charge is -2.23. The number of nitrogens with zero attached hydrogens (tertiary/aromatic N) is 4. The van der Waals surface area contributed by atoms with Gasteiger partial charge in [-0.15, -0.1) is 0 Å². The van der Waals surface area contributed by atoms with Crippen molar-refractivity contribution in [1.29, 1.82) is 0 Å². The number of halogens is 2. The molecule has 3 aromatic rings. The zero-order valence-corrected chi connectivity index (χ0v) is 14.6. The fourth-order valence-corrected chi connectivity index (χ4v) is 2.59. The number of non-ortho nitro benzene ring substituents is 1. The van der Waals surface area contributed by atoms with Gasteiger partial charge in [-0.05, 0) is 44.3 Å². The Bertz CT molecular complexity index is 959. The van der Waals surface area contributed by atoms with E-state index in [1.807, 2.05) is 0 Å². The van der Waals surface area contributed by atoms with Gasteiger partial charge in [-0.2, -0.15) is 4.98 Å². The van der Waals surface area contributed by atoms with Gasteiger partial charge >= 0.3 is 0 Å². The van der Waals surface area contributed by atoms with Gasteiger partial charge < -0.3 is 4.52 Å². The molecule has 0 saturated carbocycles. The molecule has 0 N–H and O–H groups in total. The van der Waals surface area contributed by atoms with Gasteiger partial charge in [-0.25, -0.2) is 8.78 Å². The summed E-state index contributed by atoms with van der Waals surface area (Å²) in [4.78, 5) is 16.2. The highest BCUT2D eigenvalue weighted by Crippen LogP contribution is 2.25. The van der Waals surface area contributed by atoms with Gasteiger partial charge in [0.1, 0.15) is 11.6 Å². The first-order chi connectivity index (χ1) is 12.8. The Hall–Kier alpha value is -3.20. The molecule has 1 unspecified atom stereocenters. The molecule has 0 fully saturated rings. The van der Waals surface area contributed by atoms with Crippen LogP contribution in [0.15, 0.2) is 47.0 Å². The Morgan fingerprint density at radius 1 is 1.22 bits per heavy atom. The van der Waals surface area contributed by atoms with Crippen molar-refractivity contribution in [2.75, 3.05) is 7.05 Å². The average Bonchev–Trinajstić information content (AvgIpc) is 3.11. The Labute approximate surface area is 153 Å². The van der Waals surface area contributed by atoms with Crippen molar-refractivity contribution in [3.63, 3.8) is 0 Å². The predicted octanol–water partition coefficient (Wildman–Crippen LogP) is 4.12. The highest BCUT2D eigenvalue weighted by Gasteiger charge is 2.19. The first-order valence-electron chi connectivity index (χ1n) is 8.07. The maximum atomic E-state index is 13.9. The fraction of sp³-hybridized carbons (Fsp3) is 0.222. The predicted molar refractivity (Wildman–Crippen MR) is 92.6 cm³/mol. The van der Waals surface area contributed by atoms with Gasteiger partial charge in [0.15, 0.2) is 0 Å². The quantitative estimate of drug-likeness (QED) is 0.477. The van der Waals surface area contributed by atoms with Crippen LogP contribution in [0.2, 0.25) is 0 Å². The van der Waals surface area contributed by atoms with E-state index in [4.69, 9.17) is 4.52 Å². The summed E-state index contributed by atoms with van der Waals surface area (Å²) in [7, 11) is 1.73. The summed E-state index contributed by atoms with van der Waals surface area (Å²) in [5.41, 5.74) is 0.767. The second-order valence-electron chi connectivity index (χ2n) is 6.07. The van der Waals surface area contributed by atoms with Crippen molar-refractivity contribution in [3.05, 3.63) is 75.7 Å². The smallest absolute Gasteiger partial charge is 0.269 e. The maximum absolute atomic E-state index is 13.9. The first kappa shape index (κ1) is 18.6. The van der Waals surface area contributed by atoms with E-state index in [0.29, 0.717) is 5.56 Å². The third-order valence-corrected chi connectivity index (χ3v) is 4.26. The van der Waals surface area contributed by atoms with Gasteiger partial charge in [0.05, 0.1) is 11.5 Å². The molecule has 1 aromatic heterocycles. The van der Waals surface area contributed by atoms with Crippen LogP contribution in [0, 0.1) is 21.7 Å². The minimum absolute atomic E-state index is 0.0341. The summed E-state index contributed by atoms with van der Waals surface area (Å²) >= 11 is 0. The molecule has 0 saturated heterocycles. The van der Waals surface area contributed by atoms with Crippen LogP contribution in [0.4, 0.5) is 14.5 Å². The third-order valence-electron chi connectivity index (χ3n) is 4.26. The number of hydrogen-bond acceptors (Lipinski definition) is 6. The van der Waals surface area contributed by atoms with Crippen LogP contribution in [0.25, 0.3) is 11.4 Å². The van der Waals surface area contributed by atoms with Gasteiger partial charge in [0.25, 0.3) is 5.69 Å². The topological polar surface area (TPSA) is 85.3 Å². The Morgan fingerprint density at radius 2 is 1.93 bits per heavy atom. The van der Waals surface area contributed by atoms with Crippen LogP contribution in [0.5, 0.6) is 0 Å². The second-order valence-corrected chi connectivity index (χ2v) is 6.07. The van der Waals surface area contributed by atoms with Crippen LogP contribution in [-0.2, 0) is 6.54 Å². The molecule has 0 bridgehead atoms. The maximum Gasteiger partial charge on any atom is 0.269 e. The summed E-state index contributed by atoms with van der Waals surface area (Å²) in [6.07, 6.45) is 0. The number of nitro benzene ring substituents is 1. The van der Waals surface area contributed by atoms with Crippen LogP contribution in [0.1, 0.15) is 24.4 Å². The lowest BCUT2D eigenvalue weighted by atomic mass is 10.1. The highest BCUT2D eigenvalue weighted by atomic mass is 19.1. The molecule has 0 radical (unpaired) electrons. The molecule has 0 amide bonds. The van der Waals surface area contributed by atoms with E-state index in [0.717, 1.165) is 18.2 Å². The largest absolute Gasteiger partial charge is 0.338 e. The van der Waals surface area contributed by atoms with Crippen molar-refractivity contribution < 1.29 is 18.2 Å². The summed E-state index contributed by atoms with van der Waals surface area (Å²) < 4.78 is 32.5. The van der Waals surface area contributed by atoms with Crippen molar-refractivity contribution >= 4 is 5.69 Å². The normalized spacial score (nSPS) is 12.3. The van der Waals surface area contributed by atoms with Gasteiger partial charge in [-0.1, -0.05) is 5.16 Å². The SMILES string of the molecule is CC(c1cc(F)ccc1F)N(C)Cc1nc(-c2ccc([N+](=O)[O-])cc2)no1. The summed E-state index contributed by atoms with van der Waals surface area (Å²) in [6.45, 7) is 1.96. The average molecular weight is 374 g/mol.